The molecule has 1 aliphatic heterocycles. The lowest BCUT2D eigenvalue weighted by atomic mass is 10.1. The van der Waals surface area contributed by atoms with E-state index in [0.717, 1.165) is 25.9 Å². The van der Waals surface area contributed by atoms with E-state index in [1.165, 1.54) is 0 Å². The van der Waals surface area contributed by atoms with E-state index < -0.39 is 11.4 Å². The summed E-state index contributed by atoms with van der Waals surface area (Å²) in [6.07, 6.45) is 2.22. The number of aromatic nitrogens is 3. The molecule has 0 unspecified atom stereocenters. The van der Waals surface area contributed by atoms with Crippen LogP contribution in [0.1, 0.15) is 26.7 Å². The molecule has 104 valence electrons. The molecule has 1 aromatic rings. The third kappa shape index (κ3) is 3.23. The maximum atomic E-state index is 11.3. The first-order valence-corrected chi connectivity index (χ1v) is 6.51. The van der Waals surface area contributed by atoms with E-state index in [1.807, 2.05) is 4.90 Å². The number of carbonyl (C=O) groups is 1. The van der Waals surface area contributed by atoms with Gasteiger partial charge in [-0.05, 0) is 38.3 Å². The maximum Gasteiger partial charge on any atom is 0.242 e. The lowest BCUT2D eigenvalue weighted by Crippen LogP contribution is -2.45. The SMILES string of the molecule is CC(C)(Nc1nc(Cl)nc(N2CCCC2)n1)C(N)=O. The third-order valence-corrected chi connectivity index (χ3v) is 3.19. The van der Waals surface area contributed by atoms with Crippen LogP contribution in [-0.2, 0) is 4.79 Å². The molecule has 0 saturated carbocycles. The van der Waals surface area contributed by atoms with Crippen LogP contribution < -0.4 is 16.0 Å². The van der Waals surface area contributed by atoms with Crippen molar-refractivity contribution in [3.63, 3.8) is 0 Å². The van der Waals surface area contributed by atoms with Gasteiger partial charge in [0, 0.05) is 13.1 Å². The van der Waals surface area contributed by atoms with E-state index in [1.54, 1.807) is 13.8 Å². The lowest BCUT2D eigenvalue weighted by Gasteiger charge is -2.23. The summed E-state index contributed by atoms with van der Waals surface area (Å²) < 4.78 is 0. The Kier molecular flexibility index (Phi) is 3.75. The molecular formula is C11H17ClN6O. The summed E-state index contributed by atoms with van der Waals surface area (Å²) in [5.41, 5.74) is 4.35. The van der Waals surface area contributed by atoms with Crippen LogP contribution in [0.4, 0.5) is 11.9 Å². The second-order valence-electron chi connectivity index (χ2n) is 5.04. The van der Waals surface area contributed by atoms with Crippen molar-refractivity contribution < 1.29 is 4.79 Å². The van der Waals surface area contributed by atoms with Crippen molar-refractivity contribution in [3.8, 4) is 0 Å². The van der Waals surface area contributed by atoms with E-state index in [0.29, 0.717) is 5.95 Å². The Morgan fingerprint density at radius 2 is 1.95 bits per heavy atom. The molecule has 1 amide bonds. The summed E-state index contributed by atoms with van der Waals surface area (Å²) in [5.74, 6) is 0.290. The van der Waals surface area contributed by atoms with E-state index in [4.69, 9.17) is 17.3 Å². The number of rotatable bonds is 4. The molecule has 0 bridgehead atoms. The summed E-state index contributed by atoms with van der Waals surface area (Å²) in [6, 6.07) is 0. The number of nitrogens with zero attached hydrogens (tertiary/aromatic N) is 4. The van der Waals surface area contributed by atoms with Crippen molar-refractivity contribution in [2.24, 2.45) is 5.73 Å². The Balaban J connectivity index is 2.24. The molecule has 0 aromatic carbocycles. The number of primary amides is 1. The smallest absolute Gasteiger partial charge is 0.242 e. The zero-order valence-electron chi connectivity index (χ0n) is 11.0. The highest BCUT2D eigenvalue weighted by atomic mass is 35.5. The quantitative estimate of drug-likeness (QED) is 0.849. The predicted octanol–water partition coefficient (Wildman–Crippen LogP) is 0.801. The fraction of sp³-hybridized carbons (Fsp3) is 0.636. The number of nitrogens with two attached hydrogens (primary N) is 1. The summed E-state index contributed by atoms with van der Waals surface area (Å²) in [6.45, 7) is 5.11. The van der Waals surface area contributed by atoms with Crippen molar-refractivity contribution in [1.29, 1.82) is 0 Å². The van der Waals surface area contributed by atoms with Crippen molar-refractivity contribution >= 4 is 29.4 Å². The zero-order valence-corrected chi connectivity index (χ0v) is 11.7. The molecule has 0 aliphatic carbocycles. The number of carbonyl (C=O) groups excluding carboxylic acids is 1. The Labute approximate surface area is 116 Å². The van der Waals surface area contributed by atoms with Crippen LogP contribution in [0.25, 0.3) is 0 Å². The third-order valence-electron chi connectivity index (χ3n) is 3.03. The number of anilines is 2. The van der Waals surface area contributed by atoms with Crippen LogP contribution in [0.3, 0.4) is 0 Å². The van der Waals surface area contributed by atoms with E-state index in [9.17, 15) is 4.79 Å². The average molecular weight is 285 g/mol. The van der Waals surface area contributed by atoms with Crippen LogP contribution in [-0.4, -0.2) is 39.5 Å². The average Bonchev–Trinajstić information content (AvgIpc) is 2.80. The topological polar surface area (TPSA) is 97.0 Å². The summed E-state index contributed by atoms with van der Waals surface area (Å²) in [4.78, 5) is 25.7. The first-order chi connectivity index (χ1) is 8.88. The summed E-state index contributed by atoms with van der Waals surface area (Å²) in [5, 5.41) is 2.97. The molecular weight excluding hydrogens is 268 g/mol. The molecule has 19 heavy (non-hydrogen) atoms. The van der Waals surface area contributed by atoms with Gasteiger partial charge in [-0.2, -0.15) is 15.0 Å². The Bertz CT molecular complexity index is 486. The molecule has 1 aliphatic rings. The van der Waals surface area contributed by atoms with Gasteiger partial charge in [-0.15, -0.1) is 0 Å². The Morgan fingerprint density at radius 3 is 2.53 bits per heavy atom. The minimum absolute atomic E-state index is 0.0969. The maximum absolute atomic E-state index is 11.3. The number of nitrogens with one attached hydrogen (secondary N) is 1. The first kappa shape index (κ1) is 13.8. The van der Waals surface area contributed by atoms with Crippen LogP contribution in [0, 0.1) is 0 Å². The highest BCUT2D eigenvalue weighted by Crippen LogP contribution is 2.20. The van der Waals surface area contributed by atoms with Gasteiger partial charge in [0.15, 0.2) is 0 Å². The van der Waals surface area contributed by atoms with Crippen LogP contribution in [0.5, 0.6) is 0 Å². The first-order valence-electron chi connectivity index (χ1n) is 6.13. The monoisotopic (exact) mass is 284 g/mol. The molecule has 0 atom stereocenters. The molecule has 1 aromatic heterocycles. The van der Waals surface area contributed by atoms with E-state index >= 15 is 0 Å². The van der Waals surface area contributed by atoms with Gasteiger partial charge in [-0.1, -0.05) is 0 Å². The van der Waals surface area contributed by atoms with Crippen molar-refractivity contribution in [1.82, 2.24) is 15.0 Å². The van der Waals surface area contributed by atoms with Crippen LogP contribution in [0.2, 0.25) is 5.28 Å². The minimum atomic E-state index is -0.951. The molecule has 2 heterocycles. The van der Waals surface area contributed by atoms with Gasteiger partial charge in [0.2, 0.25) is 23.1 Å². The minimum Gasteiger partial charge on any atom is -0.368 e. The summed E-state index contributed by atoms with van der Waals surface area (Å²) in [7, 11) is 0. The van der Waals surface area contributed by atoms with Gasteiger partial charge in [0.05, 0.1) is 0 Å². The van der Waals surface area contributed by atoms with Crippen molar-refractivity contribution in [2.75, 3.05) is 23.3 Å². The molecule has 0 spiro atoms. The van der Waals surface area contributed by atoms with E-state index in [2.05, 4.69) is 20.3 Å². The lowest BCUT2D eigenvalue weighted by molar-refractivity contribution is -0.121. The van der Waals surface area contributed by atoms with Crippen molar-refractivity contribution in [2.45, 2.75) is 32.2 Å². The van der Waals surface area contributed by atoms with Crippen LogP contribution >= 0.6 is 11.6 Å². The highest BCUT2D eigenvalue weighted by molar-refractivity contribution is 6.28. The van der Waals surface area contributed by atoms with Gasteiger partial charge in [-0.3, -0.25) is 4.79 Å². The van der Waals surface area contributed by atoms with E-state index in [-0.39, 0.29) is 11.2 Å². The van der Waals surface area contributed by atoms with Gasteiger partial charge in [0.25, 0.3) is 0 Å². The fourth-order valence-electron chi connectivity index (χ4n) is 1.80. The van der Waals surface area contributed by atoms with Crippen LogP contribution in [0.15, 0.2) is 0 Å². The zero-order chi connectivity index (χ0) is 14.0. The highest BCUT2D eigenvalue weighted by Gasteiger charge is 2.26. The van der Waals surface area contributed by atoms with Gasteiger partial charge >= 0.3 is 0 Å². The molecule has 2 rings (SSSR count). The fourth-order valence-corrected chi connectivity index (χ4v) is 1.95. The van der Waals surface area contributed by atoms with Gasteiger partial charge < -0.3 is 16.0 Å². The second kappa shape index (κ2) is 5.16. The number of halogens is 1. The molecule has 1 fully saturated rings. The molecule has 7 nitrogen and oxygen atoms in total. The summed E-state index contributed by atoms with van der Waals surface area (Å²) >= 11 is 5.89. The van der Waals surface area contributed by atoms with Gasteiger partial charge in [-0.25, -0.2) is 0 Å². The Hall–Kier alpha value is -1.63. The molecule has 1 saturated heterocycles. The molecule has 8 heteroatoms. The normalized spacial score (nSPS) is 15.6. The second-order valence-corrected chi connectivity index (χ2v) is 5.37. The standard InChI is InChI=1S/C11H17ClN6O/c1-11(2,7(13)19)17-9-14-8(12)15-10(16-9)18-5-3-4-6-18/h3-6H2,1-2H3,(H2,13,19)(H,14,15,16,17). The molecule has 3 N–H and O–H groups in total. The largest absolute Gasteiger partial charge is 0.368 e. The van der Waals surface area contributed by atoms with Gasteiger partial charge in [0.1, 0.15) is 5.54 Å². The number of amides is 1. The number of hydrogen-bond acceptors (Lipinski definition) is 6. The predicted molar refractivity (Wildman–Crippen MR) is 73.2 cm³/mol. The molecule has 0 radical (unpaired) electrons. The number of hydrogen-bond donors (Lipinski definition) is 2. The van der Waals surface area contributed by atoms with Crippen molar-refractivity contribution in [3.05, 3.63) is 5.28 Å². The Morgan fingerprint density at radius 1 is 1.32 bits per heavy atom.